The number of nitrogens with one attached hydrogen (secondary N) is 2. The summed E-state index contributed by atoms with van der Waals surface area (Å²) in [5.41, 5.74) is 4.53. The number of hydrogen-bond acceptors (Lipinski definition) is 12. The van der Waals surface area contributed by atoms with E-state index in [-0.39, 0.29) is 13.2 Å². The maximum absolute atomic E-state index is 13.5. The lowest BCUT2D eigenvalue weighted by molar-refractivity contribution is 0.0986. The Balaban J connectivity index is 1.50. The van der Waals surface area contributed by atoms with Crippen LogP contribution in [0.3, 0.4) is 0 Å². The van der Waals surface area contributed by atoms with Crippen LogP contribution in [0.4, 0.5) is 28.8 Å². The third-order valence-corrected chi connectivity index (χ3v) is 10.3. The molecule has 2 aromatic carbocycles. The van der Waals surface area contributed by atoms with Crippen LogP contribution in [0.1, 0.15) is 25.3 Å². The Bertz CT molecular complexity index is 1810. The van der Waals surface area contributed by atoms with Crippen LogP contribution < -0.4 is 25.6 Å². The molecule has 3 N–H and O–H groups in total. The fourth-order valence-electron chi connectivity index (χ4n) is 5.80. The van der Waals surface area contributed by atoms with Crippen LogP contribution in [0.25, 0.3) is 10.9 Å². The summed E-state index contributed by atoms with van der Waals surface area (Å²) in [6, 6.07) is 12.2. The quantitative estimate of drug-likeness (QED) is 0.0708. The molecule has 0 spiro atoms. The minimum absolute atomic E-state index is 0.102. The number of fused-ring (bicyclic) bond motifs is 1. The molecule has 1 aliphatic rings. The largest absolute Gasteiger partial charge is 0.494 e. The SMILES string of the molecule is COc1cc(N2CCC(N(C)C)CC2)c(C(C)=NOCCO)cc1Nc1ncc(Br)c(Nc2cnc3ccccc3c2P(C)(C)=O)n1. The van der Waals surface area contributed by atoms with Crippen molar-refractivity contribution in [1.29, 1.82) is 0 Å². The minimum atomic E-state index is -2.72. The maximum Gasteiger partial charge on any atom is 0.229 e. The topological polar surface area (TPSA) is 137 Å². The van der Waals surface area contributed by atoms with E-state index in [9.17, 15) is 9.67 Å². The lowest BCUT2D eigenvalue weighted by Gasteiger charge is -2.37. The van der Waals surface area contributed by atoms with E-state index < -0.39 is 7.14 Å². The van der Waals surface area contributed by atoms with Crippen molar-refractivity contribution in [3.8, 4) is 5.75 Å². The molecule has 1 saturated heterocycles. The molecule has 0 radical (unpaired) electrons. The lowest BCUT2D eigenvalue weighted by Crippen LogP contribution is -2.42. The zero-order valence-electron chi connectivity index (χ0n) is 27.6. The molecule has 3 heterocycles. The molecule has 0 saturated carbocycles. The third kappa shape index (κ3) is 8.03. The Kier molecular flexibility index (Phi) is 11.0. The van der Waals surface area contributed by atoms with Crippen LogP contribution in [-0.2, 0) is 9.40 Å². The number of benzene rings is 2. The highest BCUT2D eigenvalue weighted by atomic mass is 79.9. The van der Waals surface area contributed by atoms with Gasteiger partial charge in [0.15, 0.2) is 0 Å². The molecular weight excluding hydrogens is 683 g/mol. The molecule has 0 unspecified atom stereocenters. The standard InChI is InChI=1S/C33H42BrN8O4P/c1-21(40-46-16-15-43)24-17-27(30(45-4)18-29(24)42-13-11-22(12-14-42)41(2)3)38-33-36-19-25(34)32(39-33)37-28-20-35-26-10-8-7-9-23(26)31(28)47(5,6)44/h7-10,17-20,22,43H,11-16H2,1-6H3,(H2,36,37,38,39). The number of ether oxygens (including phenoxy) is 1. The summed E-state index contributed by atoms with van der Waals surface area (Å²) < 4.78 is 20.0. The summed E-state index contributed by atoms with van der Waals surface area (Å²) in [7, 11) is 3.16. The van der Waals surface area contributed by atoms with Crippen molar-refractivity contribution in [2.45, 2.75) is 25.8 Å². The zero-order valence-corrected chi connectivity index (χ0v) is 30.1. The van der Waals surface area contributed by atoms with Crippen LogP contribution in [0.15, 0.2) is 58.4 Å². The lowest BCUT2D eigenvalue weighted by atomic mass is 10.00. The summed E-state index contributed by atoms with van der Waals surface area (Å²) >= 11 is 3.57. The van der Waals surface area contributed by atoms with Crippen molar-refractivity contribution in [3.63, 3.8) is 0 Å². The van der Waals surface area contributed by atoms with E-state index in [0.717, 1.165) is 48.1 Å². The zero-order chi connectivity index (χ0) is 33.7. The van der Waals surface area contributed by atoms with Gasteiger partial charge in [-0.15, -0.1) is 0 Å². The van der Waals surface area contributed by atoms with Crippen LogP contribution in [-0.4, -0.2) is 97.5 Å². The monoisotopic (exact) mass is 724 g/mol. The van der Waals surface area contributed by atoms with Gasteiger partial charge in [-0.3, -0.25) is 4.98 Å². The van der Waals surface area contributed by atoms with Gasteiger partial charge >= 0.3 is 0 Å². The number of oxime groups is 1. The summed E-state index contributed by atoms with van der Waals surface area (Å²) in [6.45, 7) is 7.13. The molecule has 4 aromatic rings. The summed E-state index contributed by atoms with van der Waals surface area (Å²) in [6.07, 6.45) is 5.41. The third-order valence-electron chi connectivity index (χ3n) is 8.16. The number of hydrogen-bond donors (Lipinski definition) is 3. The van der Waals surface area contributed by atoms with Gasteiger partial charge in [-0.25, -0.2) is 4.98 Å². The first kappa shape index (κ1) is 34.6. The Morgan fingerprint density at radius 3 is 2.55 bits per heavy atom. The molecular formula is C33H42BrN8O4P. The van der Waals surface area contributed by atoms with Crippen molar-refractivity contribution in [2.75, 3.05) is 76.4 Å². The second kappa shape index (κ2) is 15.0. The fraction of sp³-hybridized carbons (Fsp3) is 0.394. The van der Waals surface area contributed by atoms with Crippen LogP contribution in [0.2, 0.25) is 0 Å². The molecule has 1 aliphatic heterocycles. The van der Waals surface area contributed by atoms with Gasteiger partial charge in [0.2, 0.25) is 5.95 Å². The Morgan fingerprint density at radius 2 is 1.87 bits per heavy atom. The van der Waals surface area contributed by atoms with Crippen molar-refractivity contribution in [2.24, 2.45) is 5.16 Å². The number of piperidine rings is 1. The maximum atomic E-state index is 13.5. The Morgan fingerprint density at radius 1 is 1.13 bits per heavy atom. The summed E-state index contributed by atoms with van der Waals surface area (Å²) in [5.74, 6) is 1.41. The number of pyridine rings is 1. The van der Waals surface area contributed by atoms with E-state index in [4.69, 9.17) is 14.6 Å². The highest BCUT2D eigenvalue weighted by molar-refractivity contribution is 9.10. The number of aromatic nitrogens is 3. The van der Waals surface area contributed by atoms with Crippen molar-refractivity contribution in [3.05, 3.63) is 58.8 Å². The first-order valence-corrected chi connectivity index (χ1v) is 18.8. The predicted octanol–water partition coefficient (Wildman–Crippen LogP) is 5.79. The van der Waals surface area contributed by atoms with E-state index >= 15 is 0 Å². The molecule has 0 aliphatic carbocycles. The number of halogens is 1. The Hall–Kier alpha value is -3.77. The first-order chi connectivity index (χ1) is 22.5. The van der Waals surface area contributed by atoms with Gasteiger partial charge < -0.3 is 39.7 Å². The molecule has 0 bridgehead atoms. The van der Waals surface area contributed by atoms with Crippen LogP contribution in [0, 0.1) is 0 Å². The molecule has 250 valence electrons. The number of rotatable bonds is 12. The van der Waals surface area contributed by atoms with Gasteiger partial charge in [0, 0.05) is 53.3 Å². The number of nitrogens with zero attached hydrogens (tertiary/aromatic N) is 6. The molecule has 0 atom stereocenters. The van der Waals surface area contributed by atoms with Gasteiger partial charge in [0.25, 0.3) is 0 Å². The van der Waals surface area contributed by atoms with Crippen LogP contribution >= 0.6 is 23.1 Å². The smallest absolute Gasteiger partial charge is 0.229 e. The first-order valence-electron chi connectivity index (χ1n) is 15.4. The molecule has 1 fully saturated rings. The second-order valence-corrected chi connectivity index (χ2v) is 16.0. The van der Waals surface area contributed by atoms with Crippen molar-refractivity contribution < 1.29 is 19.2 Å². The number of methoxy groups -OCH3 is 1. The van der Waals surface area contributed by atoms with Crippen LogP contribution in [0.5, 0.6) is 5.75 Å². The molecule has 12 nitrogen and oxygen atoms in total. The van der Waals surface area contributed by atoms with E-state index in [0.29, 0.717) is 50.4 Å². The van der Waals surface area contributed by atoms with Crippen molar-refractivity contribution in [1.82, 2.24) is 19.9 Å². The van der Waals surface area contributed by atoms with Gasteiger partial charge in [-0.05, 0) is 75.3 Å². The molecule has 5 rings (SSSR count). The number of para-hydroxylation sites is 1. The molecule has 2 aromatic heterocycles. The number of aliphatic hydroxyl groups is 1. The average molecular weight is 726 g/mol. The highest BCUT2D eigenvalue weighted by Gasteiger charge is 2.25. The summed E-state index contributed by atoms with van der Waals surface area (Å²) in [5, 5.41) is 21.7. The van der Waals surface area contributed by atoms with Gasteiger partial charge in [0.05, 0.1) is 47.0 Å². The van der Waals surface area contributed by atoms with E-state index in [1.165, 1.54) is 0 Å². The summed E-state index contributed by atoms with van der Waals surface area (Å²) in [4.78, 5) is 23.8. The fourth-order valence-corrected chi connectivity index (χ4v) is 7.56. The van der Waals surface area contributed by atoms with E-state index in [2.05, 4.69) is 65.6 Å². The number of aliphatic hydroxyl groups excluding tert-OH is 1. The van der Waals surface area contributed by atoms with Crippen molar-refractivity contribution >= 4 is 73.8 Å². The minimum Gasteiger partial charge on any atom is -0.494 e. The van der Waals surface area contributed by atoms with Gasteiger partial charge in [0.1, 0.15) is 25.3 Å². The van der Waals surface area contributed by atoms with E-state index in [1.807, 2.05) is 43.3 Å². The highest BCUT2D eigenvalue weighted by Crippen LogP contribution is 2.42. The van der Waals surface area contributed by atoms with E-state index in [1.54, 1.807) is 32.8 Å². The number of anilines is 5. The molecule has 0 amide bonds. The van der Waals surface area contributed by atoms with Gasteiger partial charge in [-0.1, -0.05) is 23.4 Å². The molecule has 14 heteroatoms. The van der Waals surface area contributed by atoms with Gasteiger partial charge in [-0.2, -0.15) is 4.98 Å². The second-order valence-electron chi connectivity index (χ2n) is 12.0. The normalized spacial score (nSPS) is 14.5. The average Bonchev–Trinajstić information content (AvgIpc) is 3.05. The predicted molar refractivity (Wildman–Crippen MR) is 194 cm³/mol. The Labute approximate surface area is 284 Å². The molecule has 47 heavy (non-hydrogen) atoms.